The number of ether oxygens (including phenoxy) is 1. The van der Waals surface area contributed by atoms with Crippen LogP contribution in [-0.2, 0) is 0 Å². The molecular formula is C14H10Cl2N2O4. The number of anilines is 1. The third-order valence-electron chi connectivity index (χ3n) is 2.68. The number of rotatable bonds is 3. The summed E-state index contributed by atoms with van der Waals surface area (Å²) in [5, 5.41) is 13.8. The number of halogens is 2. The first kappa shape index (κ1) is 16.1. The first-order valence-corrected chi connectivity index (χ1v) is 6.81. The number of nitrogens with one attached hydrogen (secondary N) is 1. The number of carbonyl (C=O) groups is 1. The predicted octanol–water partition coefficient (Wildman–Crippen LogP) is 4.82. The topological polar surface area (TPSA) is 81.5 Å². The summed E-state index contributed by atoms with van der Waals surface area (Å²) in [5.41, 5.74) is 0.510. The monoisotopic (exact) mass is 340 g/mol. The molecule has 0 aliphatic carbocycles. The second kappa shape index (κ2) is 6.64. The molecule has 22 heavy (non-hydrogen) atoms. The van der Waals surface area contributed by atoms with Gasteiger partial charge in [-0.25, -0.2) is 4.79 Å². The molecule has 0 saturated carbocycles. The Hall–Kier alpha value is -2.31. The number of hydrogen-bond acceptors (Lipinski definition) is 4. The van der Waals surface area contributed by atoms with Crippen LogP contribution in [-0.4, -0.2) is 11.0 Å². The van der Waals surface area contributed by atoms with Crippen LogP contribution < -0.4 is 10.1 Å². The van der Waals surface area contributed by atoms with Crippen molar-refractivity contribution in [3.8, 4) is 5.75 Å². The number of benzene rings is 2. The van der Waals surface area contributed by atoms with Crippen LogP contribution in [0.15, 0.2) is 36.4 Å². The van der Waals surface area contributed by atoms with Crippen LogP contribution in [0.25, 0.3) is 0 Å². The molecule has 1 amide bonds. The van der Waals surface area contributed by atoms with Gasteiger partial charge in [-0.05, 0) is 36.8 Å². The number of carbonyl (C=O) groups excluding carboxylic acids is 1. The van der Waals surface area contributed by atoms with Crippen molar-refractivity contribution in [3.05, 3.63) is 62.1 Å². The van der Waals surface area contributed by atoms with E-state index >= 15 is 0 Å². The molecule has 2 aromatic carbocycles. The van der Waals surface area contributed by atoms with E-state index in [9.17, 15) is 14.9 Å². The molecule has 2 aromatic rings. The third kappa shape index (κ3) is 3.87. The van der Waals surface area contributed by atoms with Crippen LogP contribution in [0, 0.1) is 17.0 Å². The SMILES string of the molecule is Cc1ccc(NC(=O)Oc2ccc(Cl)cc2Cl)c([N+](=O)[O-])c1. The second-order valence-corrected chi connectivity index (χ2v) is 5.21. The highest BCUT2D eigenvalue weighted by Crippen LogP contribution is 2.29. The van der Waals surface area contributed by atoms with Gasteiger partial charge >= 0.3 is 6.09 Å². The highest BCUT2D eigenvalue weighted by molar-refractivity contribution is 6.35. The summed E-state index contributed by atoms with van der Waals surface area (Å²) in [4.78, 5) is 22.2. The summed E-state index contributed by atoms with van der Waals surface area (Å²) in [5.74, 6) is 0.0957. The van der Waals surface area contributed by atoms with Gasteiger partial charge in [0.25, 0.3) is 5.69 Å². The second-order valence-electron chi connectivity index (χ2n) is 4.37. The predicted molar refractivity (Wildman–Crippen MR) is 83.9 cm³/mol. The molecule has 114 valence electrons. The van der Waals surface area contributed by atoms with E-state index in [1.165, 1.54) is 30.3 Å². The van der Waals surface area contributed by atoms with Gasteiger partial charge in [-0.15, -0.1) is 0 Å². The van der Waals surface area contributed by atoms with Crippen LogP contribution in [0.4, 0.5) is 16.2 Å². The summed E-state index contributed by atoms with van der Waals surface area (Å²) in [6, 6.07) is 8.76. The average molecular weight is 341 g/mol. The van der Waals surface area contributed by atoms with Gasteiger partial charge in [-0.2, -0.15) is 0 Å². The first-order valence-electron chi connectivity index (χ1n) is 6.06. The van der Waals surface area contributed by atoms with Crippen molar-refractivity contribution in [2.24, 2.45) is 0 Å². The number of nitro groups is 1. The molecule has 0 fully saturated rings. The van der Waals surface area contributed by atoms with Gasteiger partial charge < -0.3 is 4.74 Å². The van der Waals surface area contributed by atoms with Gasteiger partial charge in [0.1, 0.15) is 5.69 Å². The summed E-state index contributed by atoms with van der Waals surface area (Å²) < 4.78 is 5.01. The molecule has 0 bridgehead atoms. The van der Waals surface area contributed by atoms with Gasteiger partial charge in [0.2, 0.25) is 0 Å². The van der Waals surface area contributed by atoms with Crippen molar-refractivity contribution in [2.45, 2.75) is 6.92 Å². The molecule has 0 radical (unpaired) electrons. The minimum absolute atomic E-state index is 0.0330. The molecule has 0 unspecified atom stereocenters. The Bertz CT molecular complexity index is 750. The Balaban J connectivity index is 2.17. The zero-order valence-electron chi connectivity index (χ0n) is 11.3. The van der Waals surface area contributed by atoms with E-state index < -0.39 is 11.0 Å². The minimum Gasteiger partial charge on any atom is -0.408 e. The smallest absolute Gasteiger partial charge is 0.408 e. The summed E-state index contributed by atoms with van der Waals surface area (Å²) >= 11 is 11.6. The lowest BCUT2D eigenvalue weighted by molar-refractivity contribution is -0.384. The molecule has 0 aliphatic heterocycles. The van der Waals surface area contributed by atoms with Crippen LogP contribution in [0.5, 0.6) is 5.75 Å². The van der Waals surface area contributed by atoms with E-state index in [4.69, 9.17) is 27.9 Å². The van der Waals surface area contributed by atoms with Gasteiger partial charge in [-0.1, -0.05) is 29.3 Å². The van der Waals surface area contributed by atoms with Crippen LogP contribution in [0.1, 0.15) is 5.56 Å². The fourth-order valence-corrected chi connectivity index (χ4v) is 2.14. The van der Waals surface area contributed by atoms with Gasteiger partial charge in [0, 0.05) is 11.1 Å². The molecule has 8 heteroatoms. The summed E-state index contributed by atoms with van der Waals surface area (Å²) in [7, 11) is 0. The minimum atomic E-state index is -0.892. The fourth-order valence-electron chi connectivity index (χ4n) is 1.69. The van der Waals surface area contributed by atoms with E-state index in [1.807, 2.05) is 0 Å². The molecule has 0 saturated heterocycles. The number of amides is 1. The molecule has 0 aliphatic rings. The van der Waals surface area contributed by atoms with E-state index in [-0.39, 0.29) is 22.1 Å². The third-order valence-corrected chi connectivity index (χ3v) is 3.21. The number of nitrogens with zero attached hydrogens (tertiary/aromatic N) is 1. The maximum absolute atomic E-state index is 11.8. The molecule has 0 heterocycles. The largest absolute Gasteiger partial charge is 0.417 e. The fraction of sp³-hybridized carbons (Fsp3) is 0.0714. The molecule has 6 nitrogen and oxygen atoms in total. The quantitative estimate of drug-likeness (QED) is 0.641. The lowest BCUT2D eigenvalue weighted by atomic mass is 10.2. The molecule has 1 N–H and O–H groups in total. The number of aryl methyl sites for hydroxylation is 1. The van der Waals surface area contributed by atoms with Crippen molar-refractivity contribution < 1.29 is 14.5 Å². The molecule has 0 aromatic heterocycles. The van der Waals surface area contributed by atoms with Gasteiger partial charge in [0.05, 0.1) is 9.95 Å². The average Bonchev–Trinajstić information content (AvgIpc) is 2.43. The standard InChI is InChI=1S/C14H10Cl2N2O4/c1-8-2-4-11(12(6-8)18(20)21)17-14(19)22-13-5-3-9(15)7-10(13)16/h2-7H,1H3,(H,17,19). The normalized spacial score (nSPS) is 10.1. The molecular weight excluding hydrogens is 331 g/mol. The number of hydrogen-bond donors (Lipinski definition) is 1. The van der Waals surface area contributed by atoms with Gasteiger partial charge in [-0.3, -0.25) is 15.4 Å². The van der Waals surface area contributed by atoms with Crippen molar-refractivity contribution >= 4 is 40.7 Å². The lowest BCUT2D eigenvalue weighted by Crippen LogP contribution is -2.17. The number of nitro benzene ring substituents is 1. The Kier molecular flexibility index (Phi) is 4.85. The Morgan fingerprint density at radius 1 is 1.23 bits per heavy atom. The van der Waals surface area contributed by atoms with Crippen LogP contribution >= 0.6 is 23.2 Å². The lowest BCUT2D eigenvalue weighted by Gasteiger charge is -2.09. The van der Waals surface area contributed by atoms with E-state index in [1.54, 1.807) is 13.0 Å². The molecule has 2 rings (SSSR count). The van der Waals surface area contributed by atoms with Crippen LogP contribution in [0.2, 0.25) is 10.0 Å². The van der Waals surface area contributed by atoms with Crippen molar-refractivity contribution in [3.63, 3.8) is 0 Å². The molecule has 0 spiro atoms. The maximum Gasteiger partial charge on any atom is 0.417 e. The Labute approximate surface area is 135 Å². The van der Waals surface area contributed by atoms with E-state index in [2.05, 4.69) is 5.32 Å². The zero-order valence-corrected chi connectivity index (χ0v) is 12.8. The highest BCUT2D eigenvalue weighted by Gasteiger charge is 2.17. The van der Waals surface area contributed by atoms with E-state index in [0.717, 1.165) is 0 Å². The zero-order chi connectivity index (χ0) is 16.3. The summed E-state index contributed by atoms with van der Waals surface area (Å²) in [6.45, 7) is 1.71. The first-order chi connectivity index (χ1) is 10.4. The van der Waals surface area contributed by atoms with E-state index in [0.29, 0.717) is 10.6 Å². The summed E-state index contributed by atoms with van der Waals surface area (Å²) in [6.07, 6.45) is -0.892. The van der Waals surface area contributed by atoms with Gasteiger partial charge in [0.15, 0.2) is 5.75 Å². The Morgan fingerprint density at radius 2 is 1.95 bits per heavy atom. The van der Waals surface area contributed by atoms with Crippen LogP contribution in [0.3, 0.4) is 0 Å². The highest BCUT2D eigenvalue weighted by atomic mass is 35.5. The maximum atomic E-state index is 11.8. The van der Waals surface area contributed by atoms with Crippen molar-refractivity contribution in [1.82, 2.24) is 0 Å². The van der Waals surface area contributed by atoms with Crippen molar-refractivity contribution in [1.29, 1.82) is 0 Å². The Morgan fingerprint density at radius 3 is 2.59 bits per heavy atom. The molecule has 0 atom stereocenters. The van der Waals surface area contributed by atoms with Crippen molar-refractivity contribution in [2.75, 3.05) is 5.32 Å².